The van der Waals surface area contributed by atoms with Crippen LogP contribution >= 0.6 is 11.6 Å². The molecule has 0 aliphatic carbocycles. The Morgan fingerprint density at radius 2 is 1.88 bits per heavy atom. The van der Waals surface area contributed by atoms with Crippen LogP contribution in [0.2, 0.25) is 5.02 Å². The first-order valence-electron chi connectivity index (χ1n) is 10.9. The Balaban J connectivity index is 1.73. The second kappa shape index (κ2) is 9.58. The van der Waals surface area contributed by atoms with Gasteiger partial charge in [-0.3, -0.25) is 4.79 Å². The van der Waals surface area contributed by atoms with Crippen molar-refractivity contribution in [3.05, 3.63) is 28.8 Å². The summed E-state index contributed by atoms with van der Waals surface area (Å²) in [6.45, 7) is 6.07. The minimum absolute atomic E-state index is 0.0922. The molecule has 1 aromatic rings. The lowest BCUT2D eigenvalue weighted by atomic mass is 9.96. The molecule has 2 aliphatic rings. The molecule has 0 spiro atoms. The summed E-state index contributed by atoms with van der Waals surface area (Å²) < 4.78 is 44.8. The van der Waals surface area contributed by atoms with Gasteiger partial charge in [-0.2, -0.15) is 13.2 Å². The molecule has 2 saturated heterocycles. The minimum atomic E-state index is -4.57. The summed E-state index contributed by atoms with van der Waals surface area (Å²) in [5, 5.41) is 13.3. The molecule has 11 heteroatoms. The van der Waals surface area contributed by atoms with E-state index in [9.17, 15) is 27.9 Å². The van der Waals surface area contributed by atoms with E-state index >= 15 is 0 Å². The van der Waals surface area contributed by atoms with E-state index < -0.39 is 41.6 Å². The third-order valence-electron chi connectivity index (χ3n) is 5.64. The molecule has 3 rings (SSSR count). The molecular formula is C22H29ClF3N3O4. The zero-order valence-electron chi connectivity index (χ0n) is 18.8. The lowest BCUT2D eigenvalue weighted by molar-refractivity contribution is -0.142. The van der Waals surface area contributed by atoms with Crippen LogP contribution in [0.3, 0.4) is 0 Å². The van der Waals surface area contributed by atoms with Crippen molar-refractivity contribution in [2.24, 2.45) is 0 Å². The summed E-state index contributed by atoms with van der Waals surface area (Å²) in [5.41, 5.74) is -1.49. The fourth-order valence-electron chi connectivity index (χ4n) is 4.12. The first-order valence-corrected chi connectivity index (χ1v) is 11.2. The maximum atomic E-state index is 13.2. The molecular weight excluding hydrogens is 463 g/mol. The van der Waals surface area contributed by atoms with E-state index in [4.69, 9.17) is 16.3 Å². The number of aliphatic hydroxyl groups is 1. The number of halogens is 4. The third kappa shape index (κ3) is 6.44. The molecule has 0 aromatic heterocycles. The van der Waals surface area contributed by atoms with E-state index in [1.807, 2.05) is 0 Å². The molecule has 1 aromatic carbocycles. The molecule has 3 atom stereocenters. The molecule has 2 amide bonds. The van der Waals surface area contributed by atoms with Crippen LogP contribution in [0, 0.1) is 0 Å². The monoisotopic (exact) mass is 491 g/mol. The van der Waals surface area contributed by atoms with Gasteiger partial charge in [-0.1, -0.05) is 11.6 Å². The Kier molecular flexibility index (Phi) is 7.38. The van der Waals surface area contributed by atoms with E-state index in [1.54, 1.807) is 20.8 Å². The van der Waals surface area contributed by atoms with Gasteiger partial charge in [0.05, 0.1) is 17.7 Å². The van der Waals surface area contributed by atoms with Crippen molar-refractivity contribution in [3.8, 4) is 0 Å². The van der Waals surface area contributed by atoms with E-state index in [0.29, 0.717) is 25.9 Å². The Labute approximate surface area is 195 Å². The van der Waals surface area contributed by atoms with E-state index in [2.05, 4.69) is 5.32 Å². The first kappa shape index (κ1) is 25.4. The molecule has 2 heterocycles. The van der Waals surface area contributed by atoms with Gasteiger partial charge in [0.2, 0.25) is 5.91 Å². The molecule has 7 nitrogen and oxygen atoms in total. The lowest BCUT2D eigenvalue weighted by Gasteiger charge is -2.45. The Morgan fingerprint density at radius 3 is 2.52 bits per heavy atom. The Morgan fingerprint density at radius 1 is 1.18 bits per heavy atom. The quantitative estimate of drug-likeness (QED) is 0.664. The SMILES string of the molecule is CC(C)(C)OC(=O)N1CC[C@H](O)[C@@H](N2CCC[C@@H](Nc3cc(Cl)cc(C(F)(F)F)c3)C2=O)C1. The molecule has 0 unspecified atom stereocenters. The molecule has 2 fully saturated rings. The van der Waals surface area contributed by atoms with Crippen LogP contribution in [-0.4, -0.2) is 70.3 Å². The van der Waals surface area contributed by atoms with Crippen molar-refractivity contribution in [3.63, 3.8) is 0 Å². The van der Waals surface area contributed by atoms with Crippen LogP contribution in [0.1, 0.15) is 45.6 Å². The van der Waals surface area contributed by atoms with Crippen molar-refractivity contribution < 1.29 is 32.6 Å². The van der Waals surface area contributed by atoms with Crippen molar-refractivity contribution in [2.45, 2.75) is 70.0 Å². The zero-order valence-corrected chi connectivity index (χ0v) is 19.5. The number of rotatable bonds is 3. The highest BCUT2D eigenvalue weighted by Crippen LogP contribution is 2.34. The maximum Gasteiger partial charge on any atom is 0.416 e. The summed E-state index contributed by atoms with van der Waals surface area (Å²) in [7, 11) is 0. The number of alkyl halides is 3. The van der Waals surface area contributed by atoms with Crippen LogP contribution in [0.4, 0.5) is 23.7 Å². The lowest BCUT2D eigenvalue weighted by Crippen LogP contribution is -2.62. The molecule has 0 radical (unpaired) electrons. The van der Waals surface area contributed by atoms with E-state index in [-0.39, 0.29) is 29.6 Å². The van der Waals surface area contributed by atoms with Gasteiger partial charge in [0, 0.05) is 30.3 Å². The average molecular weight is 492 g/mol. The third-order valence-corrected chi connectivity index (χ3v) is 5.86. The van der Waals surface area contributed by atoms with Crippen LogP contribution in [0.15, 0.2) is 18.2 Å². The number of carbonyl (C=O) groups is 2. The molecule has 33 heavy (non-hydrogen) atoms. The number of hydrogen-bond donors (Lipinski definition) is 2. The second-order valence-electron chi connectivity index (χ2n) is 9.45. The van der Waals surface area contributed by atoms with Gasteiger partial charge in [0.1, 0.15) is 11.6 Å². The summed E-state index contributed by atoms with van der Waals surface area (Å²) in [6, 6.07) is 1.67. The summed E-state index contributed by atoms with van der Waals surface area (Å²) in [4.78, 5) is 28.7. The summed E-state index contributed by atoms with van der Waals surface area (Å²) in [5.74, 6) is -0.343. The van der Waals surface area contributed by atoms with E-state index in [0.717, 1.165) is 12.1 Å². The molecule has 2 N–H and O–H groups in total. The predicted molar refractivity (Wildman–Crippen MR) is 117 cm³/mol. The van der Waals surface area contributed by atoms with Gasteiger partial charge in [0.25, 0.3) is 0 Å². The highest BCUT2D eigenvalue weighted by atomic mass is 35.5. The fourth-order valence-corrected chi connectivity index (χ4v) is 4.35. The van der Waals surface area contributed by atoms with Crippen LogP contribution < -0.4 is 5.32 Å². The van der Waals surface area contributed by atoms with Crippen LogP contribution in [0.5, 0.6) is 0 Å². The number of anilines is 1. The number of likely N-dealkylation sites (tertiary alicyclic amines) is 2. The number of hydrogen-bond acceptors (Lipinski definition) is 5. The fraction of sp³-hybridized carbons (Fsp3) is 0.636. The number of aliphatic hydroxyl groups excluding tert-OH is 1. The highest BCUT2D eigenvalue weighted by molar-refractivity contribution is 6.31. The van der Waals surface area contributed by atoms with Crippen LogP contribution in [0.25, 0.3) is 0 Å². The number of benzene rings is 1. The van der Waals surface area contributed by atoms with Gasteiger partial charge in [0.15, 0.2) is 0 Å². The highest BCUT2D eigenvalue weighted by Gasteiger charge is 2.41. The minimum Gasteiger partial charge on any atom is -0.444 e. The topological polar surface area (TPSA) is 82.1 Å². The van der Waals surface area contributed by atoms with Gasteiger partial charge in [-0.15, -0.1) is 0 Å². The van der Waals surface area contributed by atoms with E-state index in [1.165, 1.54) is 15.9 Å². The van der Waals surface area contributed by atoms with Gasteiger partial charge >= 0.3 is 12.3 Å². The van der Waals surface area contributed by atoms with Gasteiger partial charge in [-0.25, -0.2) is 4.79 Å². The Hall–Kier alpha value is -2.20. The standard InChI is InChI=1S/C22H29ClF3N3O4/c1-21(2,3)33-20(32)28-8-6-18(30)17(12-28)29-7-4-5-16(19(29)31)27-15-10-13(22(24,25)26)9-14(23)11-15/h9-11,16-18,27,30H,4-8,12H2,1-3H3/t16-,17+,18+/m1/s1. The zero-order chi connectivity index (χ0) is 24.6. The number of carbonyl (C=O) groups excluding carboxylic acids is 2. The number of nitrogens with zero attached hydrogens (tertiary/aromatic N) is 2. The second-order valence-corrected chi connectivity index (χ2v) is 9.88. The molecule has 0 saturated carbocycles. The molecule has 0 bridgehead atoms. The number of ether oxygens (including phenoxy) is 1. The first-order chi connectivity index (χ1) is 15.2. The van der Waals surface area contributed by atoms with Crippen molar-refractivity contribution in [2.75, 3.05) is 25.0 Å². The maximum absolute atomic E-state index is 13.2. The number of nitrogens with one attached hydrogen (secondary N) is 1. The Bertz CT molecular complexity index is 891. The number of amides is 2. The summed E-state index contributed by atoms with van der Waals surface area (Å²) in [6.07, 6.45) is -4.62. The van der Waals surface area contributed by atoms with Gasteiger partial charge < -0.3 is 25.0 Å². The van der Waals surface area contributed by atoms with Crippen molar-refractivity contribution >= 4 is 29.3 Å². The molecule has 184 valence electrons. The van der Waals surface area contributed by atoms with Crippen LogP contribution in [-0.2, 0) is 15.7 Å². The predicted octanol–water partition coefficient (Wildman–Crippen LogP) is 4.13. The average Bonchev–Trinajstić information content (AvgIpc) is 2.68. The van der Waals surface area contributed by atoms with Crippen molar-refractivity contribution in [1.29, 1.82) is 0 Å². The molecule has 2 aliphatic heterocycles. The van der Waals surface area contributed by atoms with Gasteiger partial charge in [-0.05, 0) is 58.2 Å². The normalized spacial score (nSPS) is 24.6. The van der Waals surface area contributed by atoms with Crippen molar-refractivity contribution in [1.82, 2.24) is 9.80 Å². The summed E-state index contributed by atoms with van der Waals surface area (Å²) >= 11 is 5.85. The number of piperidine rings is 2. The smallest absolute Gasteiger partial charge is 0.416 e. The largest absolute Gasteiger partial charge is 0.444 e.